The van der Waals surface area contributed by atoms with Crippen LogP contribution in [0.3, 0.4) is 0 Å². The van der Waals surface area contributed by atoms with Crippen LogP contribution in [0.15, 0.2) is 12.1 Å². The Kier molecular flexibility index (Phi) is 4.48. The van der Waals surface area contributed by atoms with E-state index in [2.05, 4.69) is 26.0 Å². The standard InChI is InChI=1S/C15H23NO2/c1-3-12-9-13(6-4-5-11(2)16)15-14(10-12)17-7-8-18-15/h9-11H,3-8,16H2,1-2H3/t11-/m0/s1. The molecule has 18 heavy (non-hydrogen) atoms. The van der Waals surface area contributed by atoms with E-state index in [9.17, 15) is 0 Å². The molecule has 1 heterocycles. The first-order valence-electron chi connectivity index (χ1n) is 6.87. The lowest BCUT2D eigenvalue weighted by atomic mass is 10.0. The highest BCUT2D eigenvalue weighted by Gasteiger charge is 2.17. The predicted octanol–water partition coefficient (Wildman–Crippen LogP) is 2.69. The Bertz CT molecular complexity index is 402. The Hall–Kier alpha value is -1.22. The molecule has 1 aromatic rings. The highest BCUT2D eigenvalue weighted by Crippen LogP contribution is 2.36. The molecule has 0 saturated carbocycles. The summed E-state index contributed by atoms with van der Waals surface area (Å²) in [6, 6.07) is 4.62. The van der Waals surface area contributed by atoms with E-state index in [-0.39, 0.29) is 6.04 Å². The minimum absolute atomic E-state index is 0.271. The van der Waals surface area contributed by atoms with E-state index in [1.807, 2.05) is 0 Å². The highest BCUT2D eigenvalue weighted by molar-refractivity contribution is 5.50. The number of ether oxygens (including phenoxy) is 2. The van der Waals surface area contributed by atoms with Crippen molar-refractivity contribution >= 4 is 0 Å². The molecule has 1 aliphatic rings. The third kappa shape index (κ3) is 3.16. The molecule has 0 spiro atoms. The van der Waals surface area contributed by atoms with Gasteiger partial charge in [-0.1, -0.05) is 13.0 Å². The second kappa shape index (κ2) is 6.10. The van der Waals surface area contributed by atoms with Gasteiger partial charge >= 0.3 is 0 Å². The van der Waals surface area contributed by atoms with Crippen molar-refractivity contribution < 1.29 is 9.47 Å². The molecular weight excluding hydrogens is 226 g/mol. The van der Waals surface area contributed by atoms with Crippen LogP contribution < -0.4 is 15.2 Å². The average Bonchev–Trinajstić information content (AvgIpc) is 2.38. The van der Waals surface area contributed by atoms with Gasteiger partial charge in [0.05, 0.1) is 0 Å². The number of aryl methyl sites for hydroxylation is 2. The van der Waals surface area contributed by atoms with E-state index in [0.29, 0.717) is 13.2 Å². The molecule has 0 amide bonds. The maximum absolute atomic E-state index is 5.79. The van der Waals surface area contributed by atoms with Gasteiger partial charge in [0.1, 0.15) is 13.2 Å². The normalized spacial score (nSPS) is 15.5. The zero-order valence-electron chi connectivity index (χ0n) is 11.4. The fraction of sp³-hybridized carbons (Fsp3) is 0.600. The van der Waals surface area contributed by atoms with Crippen LogP contribution in [0.2, 0.25) is 0 Å². The number of nitrogens with two attached hydrogens (primary N) is 1. The van der Waals surface area contributed by atoms with Crippen molar-refractivity contribution in [2.45, 2.75) is 45.6 Å². The number of rotatable bonds is 5. The zero-order chi connectivity index (χ0) is 13.0. The van der Waals surface area contributed by atoms with Crippen LogP contribution in [0.25, 0.3) is 0 Å². The summed E-state index contributed by atoms with van der Waals surface area (Å²) >= 11 is 0. The Labute approximate surface area is 109 Å². The first-order valence-corrected chi connectivity index (χ1v) is 6.87. The SMILES string of the molecule is CCc1cc(CCC[C@H](C)N)c2c(c1)OCCO2. The fourth-order valence-corrected chi connectivity index (χ4v) is 2.29. The Morgan fingerprint density at radius 2 is 2.06 bits per heavy atom. The largest absolute Gasteiger partial charge is 0.486 e. The Morgan fingerprint density at radius 1 is 1.28 bits per heavy atom. The molecule has 0 unspecified atom stereocenters. The van der Waals surface area contributed by atoms with Gasteiger partial charge in [-0.15, -0.1) is 0 Å². The minimum atomic E-state index is 0.271. The summed E-state index contributed by atoms with van der Waals surface area (Å²) in [7, 11) is 0. The van der Waals surface area contributed by atoms with E-state index in [1.165, 1.54) is 11.1 Å². The molecule has 0 bridgehead atoms. The molecular formula is C15H23NO2. The summed E-state index contributed by atoms with van der Waals surface area (Å²) in [4.78, 5) is 0. The lowest BCUT2D eigenvalue weighted by Crippen LogP contribution is -2.17. The van der Waals surface area contributed by atoms with Crippen molar-refractivity contribution in [1.82, 2.24) is 0 Å². The van der Waals surface area contributed by atoms with Crippen LogP contribution >= 0.6 is 0 Å². The van der Waals surface area contributed by atoms with Gasteiger partial charge in [0.25, 0.3) is 0 Å². The molecule has 100 valence electrons. The van der Waals surface area contributed by atoms with Crippen molar-refractivity contribution in [2.24, 2.45) is 5.73 Å². The topological polar surface area (TPSA) is 44.5 Å². The molecule has 0 saturated heterocycles. The lowest BCUT2D eigenvalue weighted by Gasteiger charge is -2.22. The molecule has 2 N–H and O–H groups in total. The third-order valence-electron chi connectivity index (χ3n) is 3.29. The molecule has 1 aromatic carbocycles. The molecule has 2 rings (SSSR count). The third-order valence-corrected chi connectivity index (χ3v) is 3.29. The van der Waals surface area contributed by atoms with Gasteiger partial charge in [-0.3, -0.25) is 0 Å². The minimum Gasteiger partial charge on any atom is -0.486 e. The lowest BCUT2D eigenvalue weighted by molar-refractivity contribution is 0.169. The maximum atomic E-state index is 5.79. The summed E-state index contributed by atoms with van der Waals surface area (Å²) in [6.07, 6.45) is 4.19. The summed E-state index contributed by atoms with van der Waals surface area (Å²) < 4.78 is 11.4. The van der Waals surface area contributed by atoms with Crippen LogP contribution in [-0.2, 0) is 12.8 Å². The smallest absolute Gasteiger partial charge is 0.164 e. The molecule has 3 heteroatoms. The van der Waals surface area contributed by atoms with Gasteiger partial charge in [0.15, 0.2) is 11.5 Å². The fourth-order valence-electron chi connectivity index (χ4n) is 2.29. The van der Waals surface area contributed by atoms with Gasteiger partial charge in [0.2, 0.25) is 0 Å². The molecule has 1 atom stereocenters. The summed E-state index contributed by atoms with van der Waals surface area (Å²) in [5, 5.41) is 0. The predicted molar refractivity (Wildman–Crippen MR) is 73.4 cm³/mol. The van der Waals surface area contributed by atoms with Crippen LogP contribution in [0, 0.1) is 0 Å². The number of hydrogen-bond acceptors (Lipinski definition) is 3. The van der Waals surface area contributed by atoms with Gasteiger partial charge in [-0.05, 0) is 49.8 Å². The quantitative estimate of drug-likeness (QED) is 0.872. The first kappa shape index (κ1) is 13.2. The molecule has 1 aliphatic heterocycles. The monoisotopic (exact) mass is 249 g/mol. The number of fused-ring (bicyclic) bond motifs is 1. The molecule has 0 fully saturated rings. The van der Waals surface area contributed by atoms with Crippen LogP contribution in [0.1, 0.15) is 37.8 Å². The summed E-state index contributed by atoms with van der Waals surface area (Å²) in [5.41, 5.74) is 8.38. The van der Waals surface area contributed by atoms with Crippen LogP contribution in [0.5, 0.6) is 11.5 Å². The van der Waals surface area contributed by atoms with Gasteiger partial charge in [0, 0.05) is 6.04 Å². The molecule has 0 aliphatic carbocycles. The molecule has 0 radical (unpaired) electrons. The Balaban J connectivity index is 2.16. The summed E-state index contributed by atoms with van der Waals surface area (Å²) in [5.74, 6) is 1.86. The second-order valence-corrected chi connectivity index (χ2v) is 5.00. The van der Waals surface area contributed by atoms with Gasteiger partial charge < -0.3 is 15.2 Å². The Morgan fingerprint density at radius 3 is 2.78 bits per heavy atom. The number of hydrogen-bond donors (Lipinski definition) is 1. The van der Waals surface area contributed by atoms with Crippen molar-refractivity contribution in [3.63, 3.8) is 0 Å². The van der Waals surface area contributed by atoms with Crippen molar-refractivity contribution in [2.75, 3.05) is 13.2 Å². The van der Waals surface area contributed by atoms with E-state index >= 15 is 0 Å². The maximum Gasteiger partial charge on any atom is 0.164 e. The molecule has 0 aromatic heterocycles. The van der Waals surface area contributed by atoms with Crippen molar-refractivity contribution in [1.29, 1.82) is 0 Å². The highest BCUT2D eigenvalue weighted by atomic mass is 16.6. The zero-order valence-corrected chi connectivity index (χ0v) is 11.4. The molecule has 3 nitrogen and oxygen atoms in total. The van der Waals surface area contributed by atoms with Crippen LogP contribution in [0.4, 0.5) is 0 Å². The van der Waals surface area contributed by atoms with Gasteiger partial charge in [-0.25, -0.2) is 0 Å². The van der Waals surface area contributed by atoms with E-state index in [0.717, 1.165) is 37.2 Å². The van der Waals surface area contributed by atoms with Gasteiger partial charge in [-0.2, -0.15) is 0 Å². The second-order valence-electron chi connectivity index (χ2n) is 5.00. The average molecular weight is 249 g/mol. The summed E-state index contributed by atoms with van der Waals surface area (Å²) in [6.45, 7) is 5.52. The van der Waals surface area contributed by atoms with E-state index in [1.54, 1.807) is 0 Å². The number of benzene rings is 1. The van der Waals surface area contributed by atoms with E-state index < -0.39 is 0 Å². The van der Waals surface area contributed by atoms with E-state index in [4.69, 9.17) is 15.2 Å². The van der Waals surface area contributed by atoms with Crippen LogP contribution in [-0.4, -0.2) is 19.3 Å². The van der Waals surface area contributed by atoms with Crippen molar-refractivity contribution in [3.05, 3.63) is 23.3 Å². The van der Waals surface area contributed by atoms with Crippen molar-refractivity contribution in [3.8, 4) is 11.5 Å². The first-order chi connectivity index (χ1) is 8.70.